The monoisotopic (exact) mass is 197 g/mol. The minimum Gasteiger partial charge on any atom is -0.319 e. The summed E-state index contributed by atoms with van der Waals surface area (Å²) < 4.78 is 0. The van der Waals surface area contributed by atoms with Gasteiger partial charge in [0.2, 0.25) is 5.91 Å². The average molecular weight is 197 g/mol. The number of carbonyl (C=O) groups excluding carboxylic acids is 1. The molecule has 0 aliphatic rings. The van der Waals surface area contributed by atoms with E-state index in [0.29, 0.717) is 0 Å². The molecule has 0 rings (SSSR count). The average Bonchev–Trinajstić information content (AvgIpc) is 2.21. The number of hydrogen-bond donors (Lipinski definition) is 0. The number of unbranched alkanes of at least 4 members (excludes halogenated alkanes) is 1. The zero-order valence-electron chi connectivity index (χ0n) is 9.75. The van der Waals surface area contributed by atoms with Crippen molar-refractivity contribution in [1.29, 1.82) is 0 Å². The fraction of sp³-hybridized carbons (Fsp3) is 0.750. The van der Waals surface area contributed by atoms with Gasteiger partial charge in [0.05, 0.1) is 0 Å². The van der Waals surface area contributed by atoms with E-state index < -0.39 is 0 Å². The third kappa shape index (κ3) is 3.95. The van der Waals surface area contributed by atoms with Gasteiger partial charge in [-0.1, -0.05) is 33.8 Å². The molecule has 2 heteroatoms. The summed E-state index contributed by atoms with van der Waals surface area (Å²) in [6.45, 7) is 10.8. The molecule has 0 aromatic rings. The van der Waals surface area contributed by atoms with Gasteiger partial charge in [-0.15, -0.1) is 0 Å². The molecule has 0 spiro atoms. The quantitative estimate of drug-likeness (QED) is 0.613. The van der Waals surface area contributed by atoms with E-state index in [2.05, 4.69) is 27.4 Å². The van der Waals surface area contributed by atoms with E-state index in [0.717, 1.165) is 32.2 Å². The van der Waals surface area contributed by atoms with Crippen molar-refractivity contribution in [1.82, 2.24) is 4.90 Å². The van der Waals surface area contributed by atoms with Crippen molar-refractivity contribution in [2.75, 3.05) is 6.54 Å². The molecule has 0 atom stereocenters. The van der Waals surface area contributed by atoms with Crippen LogP contribution in [0, 0.1) is 5.92 Å². The van der Waals surface area contributed by atoms with Crippen LogP contribution >= 0.6 is 0 Å². The van der Waals surface area contributed by atoms with Crippen LogP contribution in [0.2, 0.25) is 0 Å². The highest BCUT2D eigenvalue weighted by atomic mass is 16.2. The third-order valence-electron chi connectivity index (χ3n) is 2.59. The lowest BCUT2D eigenvalue weighted by Gasteiger charge is -2.22. The molecule has 0 aliphatic heterocycles. The summed E-state index contributed by atoms with van der Waals surface area (Å²) in [6.07, 6.45) is 5.67. The van der Waals surface area contributed by atoms with Crippen LogP contribution in [0.5, 0.6) is 0 Å². The Bertz CT molecular complexity index is 173. The maximum Gasteiger partial charge on any atom is 0.229 e. The van der Waals surface area contributed by atoms with E-state index in [4.69, 9.17) is 0 Å². The van der Waals surface area contributed by atoms with E-state index in [-0.39, 0.29) is 11.8 Å². The molecule has 1 amide bonds. The Kier molecular flexibility index (Phi) is 7.17. The smallest absolute Gasteiger partial charge is 0.229 e. The highest BCUT2D eigenvalue weighted by Gasteiger charge is 2.18. The minimum absolute atomic E-state index is 0.171. The molecule has 0 aromatic carbocycles. The number of carbonyl (C=O) groups is 1. The van der Waals surface area contributed by atoms with Crippen LogP contribution in [0.4, 0.5) is 0 Å². The maximum absolute atomic E-state index is 11.9. The standard InChI is InChI=1S/C12H23NO/c1-5-9-10-13(8-4)12(14)11(6-2)7-3/h8,11H,4-7,9-10H2,1-3H3. The van der Waals surface area contributed by atoms with Crippen molar-refractivity contribution < 1.29 is 4.79 Å². The van der Waals surface area contributed by atoms with Crippen molar-refractivity contribution in [3.63, 3.8) is 0 Å². The van der Waals surface area contributed by atoms with Gasteiger partial charge in [0.1, 0.15) is 0 Å². The van der Waals surface area contributed by atoms with Gasteiger partial charge < -0.3 is 4.90 Å². The molecular formula is C12H23NO. The normalized spacial score (nSPS) is 10.3. The van der Waals surface area contributed by atoms with Gasteiger partial charge in [-0.2, -0.15) is 0 Å². The second-order valence-electron chi connectivity index (χ2n) is 3.58. The number of rotatable bonds is 7. The summed E-state index contributed by atoms with van der Waals surface area (Å²) in [7, 11) is 0. The molecule has 0 N–H and O–H groups in total. The zero-order valence-corrected chi connectivity index (χ0v) is 9.75. The van der Waals surface area contributed by atoms with E-state index in [9.17, 15) is 4.79 Å². The Labute approximate surface area is 88.0 Å². The Morgan fingerprint density at radius 1 is 1.36 bits per heavy atom. The Hall–Kier alpha value is -0.790. The first kappa shape index (κ1) is 13.2. The van der Waals surface area contributed by atoms with Crippen LogP contribution in [-0.2, 0) is 4.79 Å². The van der Waals surface area contributed by atoms with Gasteiger partial charge in [0, 0.05) is 12.5 Å². The lowest BCUT2D eigenvalue weighted by Crippen LogP contribution is -2.32. The molecule has 0 heterocycles. The van der Waals surface area contributed by atoms with Crippen molar-refractivity contribution in [3.05, 3.63) is 12.8 Å². The van der Waals surface area contributed by atoms with Gasteiger partial charge >= 0.3 is 0 Å². The third-order valence-corrected chi connectivity index (χ3v) is 2.59. The molecule has 14 heavy (non-hydrogen) atoms. The summed E-state index contributed by atoms with van der Waals surface area (Å²) in [5.41, 5.74) is 0. The topological polar surface area (TPSA) is 20.3 Å². The van der Waals surface area contributed by atoms with E-state index >= 15 is 0 Å². The van der Waals surface area contributed by atoms with Gasteiger partial charge in [-0.3, -0.25) is 4.79 Å². The van der Waals surface area contributed by atoms with Crippen LogP contribution in [-0.4, -0.2) is 17.4 Å². The molecule has 0 radical (unpaired) electrons. The van der Waals surface area contributed by atoms with Crippen molar-refractivity contribution in [2.45, 2.75) is 46.5 Å². The van der Waals surface area contributed by atoms with Crippen LogP contribution in [0.25, 0.3) is 0 Å². The highest BCUT2D eigenvalue weighted by Crippen LogP contribution is 2.12. The van der Waals surface area contributed by atoms with Crippen LogP contribution in [0.15, 0.2) is 12.8 Å². The molecule has 0 saturated carbocycles. The van der Waals surface area contributed by atoms with Gasteiger partial charge in [0.15, 0.2) is 0 Å². The molecule has 0 unspecified atom stereocenters. The van der Waals surface area contributed by atoms with E-state index in [1.165, 1.54) is 0 Å². The lowest BCUT2D eigenvalue weighted by atomic mass is 10.0. The second-order valence-corrected chi connectivity index (χ2v) is 3.58. The summed E-state index contributed by atoms with van der Waals surface area (Å²) in [5, 5.41) is 0. The second kappa shape index (κ2) is 7.60. The molecule has 0 bridgehead atoms. The molecule has 2 nitrogen and oxygen atoms in total. The highest BCUT2D eigenvalue weighted by molar-refractivity contribution is 5.79. The van der Waals surface area contributed by atoms with Crippen LogP contribution in [0.3, 0.4) is 0 Å². The van der Waals surface area contributed by atoms with Gasteiger partial charge in [0.25, 0.3) is 0 Å². The van der Waals surface area contributed by atoms with Crippen LogP contribution < -0.4 is 0 Å². The minimum atomic E-state index is 0.171. The van der Waals surface area contributed by atoms with Crippen molar-refractivity contribution in [2.24, 2.45) is 5.92 Å². The van der Waals surface area contributed by atoms with Gasteiger partial charge in [-0.05, 0) is 25.5 Å². The summed E-state index contributed by atoms with van der Waals surface area (Å²) in [6, 6.07) is 0. The summed E-state index contributed by atoms with van der Waals surface area (Å²) in [5.74, 6) is 0.406. The molecule has 0 saturated heterocycles. The first-order chi connectivity index (χ1) is 6.71. The Morgan fingerprint density at radius 3 is 2.29 bits per heavy atom. The van der Waals surface area contributed by atoms with E-state index in [1.807, 2.05) is 0 Å². The number of amides is 1. The number of nitrogens with zero attached hydrogens (tertiary/aromatic N) is 1. The SMILES string of the molecule is C=CN(CCCC)C(=O)C(CC)CC. The molecular weight excluding hydrogens is 174 g/mol. The molecule has 82 valence electrons. The maximum atomic E-state index is 11.9. The zero-order chi connectivity index (χ0) is 11.0. The Balaban J connectivity index is 4.21. The first-order valence-electron chi connectivity index (χ1n) is 5.64. The number of hydrogen-bond acceptors (Lipinski definition) is 1. The fourth-order valence-corrected chi connectivity index (χ4v) is 1.49. The predicted octanol–water partition coefficient (Wildman–Crippen LogP) is 3.19. The lowest BCUT2D eigenvalue weighted by molar-refractivity contribution is -0.133. The Morgan fingerprint density at radius 2 is 1.93 bits per heavy atom. The summed E-state index contributed by atoms with van der Waals surface area (Å²) in [4.78, 5) is 13.7. The van der Waals surface area contributed by atoms with Crippen molar-refractivity contribution in [3.8, 4) is 0 Å². The largest absolute Gasteiger partial charge is 0.319 e. The van der Waals surface area contributed by atoms with Gasteiger partial charge in [-0.25, -0.2) is 0 Å². The first-order valence-corrected chi connectivity index (χ1v) is 5.64. The molecule has 0 aromatic heterocycles. The van der Waals surface area contributed by atoms with Crippen molar-refractivity contribution >= 4 is 5.91 Å². The summed E-state index contributed by atoms with van der Waals surface area (Å²) >= 11 is 0. The molecule has 0 fully saturated rings. The van der Waals surface area contributed by atoms with E-state index in [1.54, 1.807) is 11.1 Å². The fourth-order valence-electron chi connectivity index (χ4n) is 1.49. The van der Waals surface area contributed by atoms with Crippen LogP contribution in [0.1, 0.15) is 46.5 Å². The predicted molar refractivity (Wildman–Crippen MR) is 60.9 cm³/mol. The molecule has 0 aliphatic carbocycles.